The lowest BCUT2D eigenvalue weighted by Crippen LogP contribution is -2.14. The lowest BCUT2D eigenvalue weighted by Gasteiger charge is -2.27. The first-order valence-corrected chi connectivity index (χ1v) is 3.92. The molecule has 10 heavy (non-hydrogen) atoms. The largest absolute Gasteiger partial charge is 0.102 e. The Hall–Kier alpha value is -0.700. The van der Waals surface area contributed by atoms with Gasteiger partial charge >= 0.3 is 0 Å². The molecule has 0 amide bonds. The van der Waals surface area contributed by atoms with Gasteiger partial charge in [0, 0.05) is 5.57 Å². The summed E-state index contributed by atoms with van der Waals surface area (Å²) in [5.41, 5.74) is 2.91. The van der Waals surface area contributed by atoms with Crippen molar-refractivity contribution in [2.75, 3.05) is 0 Å². The van der Waals surface area contributed by atoms with Crippen LogP contribution in [0.2, 0.25) is 0 Å². The fourth-order valence-corrected chi connectivity index (χ4v) is 1.49. The van der Waals surface area contributed by atoms with E-state index in [2.05, 4.69) is 25.7 Å². The molecule has 0 aliphatic heterocycles. The Morgan fingerprint density at radius 1 is 1.60 bits per heavy atom. The molecule has 0 fully saturated rings. The highest BCUT2D eigenvalue weighted by Crippen LogP contribution is 2.35. The van der Waals surface area contributed by atoms with Crippen molar-refractivity contribution < 1.29 is 0 Å². The Balaban J connectivity index is 2.69. The topological polar surface area (TPSA) is 0 Å². The van der Waals surface area contributed by atoms with Crippen LogP contribution in [-0.2, 0) is 0 Å². The Labute approximate surface area is 63.3 Å². The quantitative estimate of drug-likeness (QED) is 0.484. The third kappa shape index (κ3) is 1.09. The van der Waals surface area contributed by atoms with E-state index in [1.807, 2.05) is 6.92 Å². The molecular formula is C10H14. The molecule has 0 aromatic heterocycles. The van der Waals surface area contributed by atoms with Crippen LogP contribution in [0.3, 0.4) is 0 Å². The average Bonchev–Trinajstić information content (AvgIpc) is 1.95. The molecule has 1 atom stereocenters. The zero-order chi connectivity index (χ0) is 7.56. The maximum Gasteiger partial charge on any atom is 0.00436 e. The third-order valence-corrected chi connectivity index (χ3v) is 2.17. The molecule has 0 saturated heterocycles. The van der Waals surface area contributed by atoms with Gasteiger partial charge in [-0.25, -0.2) is 0 Å². The molecule has 0 aromatic rings. The van der Waals surface area contributed by atoms with Gasteiger partial charge in [0.1, 0.15) is 0 Å². The van der Waals surface area contributed by atoms with Crippen molar-refractivity contribution in [2.24, 2.45) is 5.92 Å². The van der Waals surface area contributed by atoms with Gasteiger partial charge in [-0.1, -0.05) is 18.4 Å². The molecule has 0 spiro atoms. The van der Waals surface area contributed by atoms with E-state index in [1.165, 1.54) is 24.0 Å². The molecule has 1 aliphatic carbocycles. The second kappa shape index (κ2) is 2.92. The van der Waals surface area contributed by atoms with Gasteiger partial charge in [-0.3, -0.25) is 0 Å². The SMILES string of the molecule is CC#CC1=C(C)CC1CC. The zero-order valence-electron chi connectivity index (χ0n) is 6.99. The Kier molecular flexibility index (Phi) is 2.17. The molecule has 1 rings (SSSR count). The number of hydrogen-bond donors (Lipinski definition) is 0. The fraction of sp³-hybridized carbons (Fsp3) is 0.600. The van der Waals surface area contributed by atoms with E-state index in [0.29, 0.717) is 0 Å². The Morgan fingerprint density at radius 3 is 2.70 bits per heavy atom. The van der Waals surface area contributed by atoms with E-state index < -0.39 is 0 Å². The van der Waals surface area contributed by atoms with E-state index in [4.69, 9.17) is 0 Å². The molecule has 0 N–H and O–H groups in total. The van der Waals surface area contributed by atoms with Gasteiger partial charge in [0.05, 0.1) is 0 Å². The lowest BCUT2D eigenvalue weighted by atomic mass is 9.77. The summed E-state index contributed by atoms with van der Waals surface area (Å²) in [4.78, 5) is 0. The summed E-state index contributed by atoms with van der Waals surface area (Å²) in [5, 5.41) is 0. The highest BCUT2D eigenvalue weighted by atomic mass is 14.3. The van der Waals surface area contributed by atoms with Crippen LogP contribution in [0.15, 0.2) is 11.1 Å². The van der Waals surface area contributed by atoms with Crippen LogP contribution >= 0.6 is 0 Å². The van der Waals surface area contributed by atoms with E-state index in [-0.39, 0.29) is 0 Å². The fourth-order valence-electron chi connectivity index (χ4n) is 1.49. The standard InChI is InChI=1S/C10H14/c1-4-6-10-8(3)7-9(10)5-2/h9H,5,7H2,1-3H3. The van der Waals surface area contributed by atoms with Gasteiger partial charge in [-0.15, -0.1) is 5.92 Å². The molecule has 0 bridgehead atoms. The summed E-state index contributed by atoms with van der Waals surface area (Å²) in [6.45, 7) is 6.32. The number of rotatable bonds is 1. The summed E-state index contributed by atoms with van der Waals surface area (Å²) in [7, 11) is 0. The molecule has 0 nitrogen and oxygen atoms in total. The first-order chi connectivity index (χ1) is 4.79. The molecule has 0 heteroatoms. The monoisotopic (exact) mass is 134 g/mol. The molecule has 1 unspecified atom stereocenters. The van der Waals surface area contributed by atoms with Crippen molar-refractivity contribution >= 4 is 0 Å². The Bertz CT molecular complexity index is 210. The smallest absolute Gasteiger partial charge is 0.00436 e. The summed E-state index contributed by atoms with van der Waals surface area (Å²) < 4.78 is 0. The number of hydrogen-bond acceptors (Lipinski definition) is 0. The normalized spacial score (nSPS) is 23.3. The summed E-state index contributed by atoms with van der Waals surface area (Å²) >= 11 is 0. The molecule has 0 saturated carbocycles. The van der Waals surface area contributed by atoms with Crippen molar-refractivity contribution in [1.82, 2.24) is 0 Å². The zero-order valence-corrected chi connectivity index (χ0v) is 6.99. The van der Waals surface area contributed by atoms with E-state index in [9.17, 15) is 0 Å². The van der Waals surface area contributed by atoms with Crippen LogP contribution in [0.25, 0.3) is 0 Å². The van der Waals surface area contributed by atoms with Crippen LogP contribution in [0.4, 0.5) is 0 Å². The Morgan fingerprint density at radius 2 is 2.30 bits per heavy atom. The van der Waals surface area contributed by atoms with Crippen LogP contribution in [0, 0.1) is 17.8 Å². The molecule has 0 heterocycles. The van der Waals surface area contributed by atoms with Gasteiger partial charge in [0.2, 0.25) is 0 Å². The van der Waals surface area contributed by atoms with Gasteiger partial charge in [-0.05, 0) is 32.6 Å². The van der Waals surface area contributed by atoms with Crippen LogP contribution in [-0.4, -0.2) is 0 Å². The summed E-state index contributed by atoms with van der Waals surface area (Å²) in [6, 6.07) is 0. The van der Waals surface area contributed by atoms with E-state index >= 15 is 0 Å². The van der Waals surface area contributed by atoms with Crippen molar-refractivity contribution in [3.8, 4) is 11.8 Å². The summed E-state index contributed by atoms with van der Waals surface area (Å²) in [5.74, 6) is 6.90. The van der Waals surface area contributed by atoms with Gasteiger partial charge < -0.3 is 0 Å². The van der Waals surface area contributed by atoms with Gasteiger partial charge in [0.25, 0.3) is 0 Å². The average molecular weight is 134 g/mol. The number of allylic oxidation sites excluding steroid dienone is 2. The predicted molar refractivity (Wildman–Crippen MR) is 44.5 cm³/mol. The van der Waals surface area contributed by atoms with Crippen molar-refractivity contribution in [2.45, 2.75) is 33.6 Å². The minimum Gasteiger partial charge on any atom is -0.102 e. The molecule has 0 radical (unpaired) electrons. The van der Waals surface area contributed by atoms with Crippen molar-refractivity contribution in [3.63, 3.8) is 0 Å². The first kappa shape index (κ1) is 7.41. The first-order valence-electron chi connectivity index (χ1n) is 3.92. The highest BCUT2D eigenvalue weighted by molar-refractivity contribution is 5.41. The van der Waals surface area contributed by atoms with Crippen molar-refractivity contribution in [1.29, 1.82) is 0 Å². The van der Waals surface area contributed by atoms with Gasteiger partial charge in [0.15, 0.2) is 0 Å². The second-order valence-corrected chi connectivity index (χ2v) is 2.88. The second-order valence-electron chi connectivity index (χ2n) is 2.88. The maximum atomic E-state index is 3.16. The lowest BCUT2D eigenvalue weighted by molar-refractivity contribution is 0.534. The predicted octanol–water partition coefficient (Wildman–Crippen LogP) is 2.76. The minimum atomic E-state index is 0.785. The minimum absolute atomic E-state index is 0.785. The van der Waals surface area contributed by atoms with Crippen LogP contribution < -0.4 is 0 Å². The molecule has 0 aromatic carbocycles. The maximum absolute atomic E-state index is 3.16. The summed E-state index contributed by atoms with van der Waals surface area (Å²) in [6.07, 6.45) is 2.53. The highest BCUT2D eigenvalue weighted by Gasteiger charge is 2.22. The van der Waals surface area contributed by atoms with Crippen molar-refractivity contribution in [3.05, 3.63) is 11.1 Å². The van der Waals surface area contributed by atoms with E-state index in [0.717, 1.165) is 5.92 Å². The van der Waals surface area contributed by atoms with E-state index in [1.54, 1.807) is 0 Å². The van der Waals surface area contributed by atoms with Gasteiger partial charge in [-0.2, -0.15) is 0 Å². The molecule has 54 valence electrons. The van der Waals surface area contributed by atoms with Crippen LogP contribution in [0.1, 0.15) is 33.6 Å². The molecule has 1 aliphatic rings. The van der Waals surface area contributed by atoms with Crippen LogP contribution in [0.5, 0.6) is 0 Å². The molecular weight excluding hydrogens is 120 g/mol. The third-order valence-electron chi connectivity index (χ3n) is 2.17.